The fourth-order valence-electron chi connectivity index (χ4n) is 15.4. The topological polar surface area (TPSA) is 600 Å². The average molecular weight is 2220 g/mol. The molecule has 8 aliphatic rings. The minimum atomic E-state index is -1.09. The van der Waals surface area contributed by atoms with Crippen LogP contribution in [0.1, 0.15) is 199 Å². The molecular weight excluding hydrogens is 2090 g/mol. The lowest BCUT2D eigenvalue weighted by Gasteiger charge is -2.29. The van der Waals surface area contributed by atoms with E-state index in [0.717, 1.165) is 0 Å². The summed E-state index contributed by atoms with van der Waals surface area (Å²) < 4.78 is 66.6. The van der Waals surface area contributed by atoms with Crippen LogP contribution in [-0.4, -0.2) is 329 Å². The van der Waals surface area contributed by atoms with Gasteiger partial charge in [-0.1, -0.05) is 108 Å². The SMILES string of the molecule is C=CCOC(=O)NN1CC(=O)OC1OCC.C=CCOc1c(Cl)cc(C(=O)N[C@@H](C)C(=O)N2CCCC2C(=O)NC2CC(=O)OC2OCC)cc1Cl.C=CCOc1c(Cl)cc(C(=O)O)cc1Cl.CCOC1OC(=O)CC1NC(=O)C1CCCN1C(=O)[C@H](C)NC(=O)OC(C)(C)C.CCOC1OC(=O)CC1NC(=O)C1CCCN1C(=O)[C@H](C)NC(=O)c1cc(Cl)c(O)c(Cl)c1.C[C@H](NC(=O)OC(C)(C)C)C(=O)N1CCC[C@H]1C(=O)O. The van der Waals surface area contributed by atoms with Gasteiger partial charge in [0, 0.05) is 63.7 Å². The molecule has 0 saturated carbocycles. The predicted octanol–water partition coefficient (Wildman–Crippen LogP) is 8.97. The summed E-state index contributed by atoms with van der Waals surface area (Å²) in [6.07, 6.45) is 3.39. The maximum absolute atomic E-state index is 13.1. The van der Waals surface area contributed by atoms with Crippen molar-refractivity contribution < 1.29 is 163 Å². The molecule has 149 heavy (non-hydrogen) atoms. The number of phenols is 1. The summed E-state index contributed by atoms with van der Waals surface area (Å²) in [4.78, 5) is 223. The Morgan fingerprint density at radius 1 is 0.423 bits per heavy atom. The van der Waals surface area contributed by atoms with Gasteiger partial charge in [-0.2, -0.15) is 0 Å². The molecule has 0 aliphatic carbocycles. The molecule has 8 fully saturated rings. The van der Waals surface area contributed by atoms with Gasteiger partial charge >= 0.3 is 54.1 Å². The number of aromatic hydroxyl groups is 1. The number of phenolic OH excluding ortho intramolecular Hbond substituents is 1. The van der Waals surface area contributed by atoms with Crippen LogP contribution in [0.15, 0.2) is 74.4 Å². The third kappa shape index (κ3) is 38.9. The van der Waals surface area contributed by atoms with Crippen molar-refractivity contribution in [3.63, 3.8) is 0 Å². The molecule has 0 bridgehead atoms. The lowest BCUT2D eigenvalue weighted by molar-refractivity contribution is -0.191. The number of benzene rings is 3. The zero-order chi connectivity index (χ0) is 111. The Kier molecular flexibility index (Phi) is 50.4. The minimum absolute atomic E-state index is 0.00787. The molecule has 12 amide bonds. The molecule has 3 aromatic carbocycles. The van der Waals surface area contributed by atoms with E-state index in [0.29, 0.717) is 104 Å². The number of aliphatic carboxylic acids is 1. The largest absolute Gasteiger partial charge is 0.505 e. The second-order valence-corrected chi connectivity index (χ2v) is 38.3. The number of nitrogens with zero attached hydrogens (tertiary/aromatic N) is 5. The average Bonchev–Trinajstić information content (AvgIpc) is 1.70. The second-order valence-electron chi connectivity index (χ2n) is 35.8. The van der Waals surface area contributed by atoms with Crippen molar-refractivity contribution in [3.05, 3.63) is 121 Å². The van der Waals surface area contributed by atoms with Gasteiger partial charge in [-0.25, -0.2) is 29.4 Å². The Hall–Kier alpha value is -12.3. The molecule has 0 radical (unpaired) electrons. The molecule has 8 heterocycles. The number of rotatable bonds is 35. The Bertz CT molecular complexity index is 5230. The molecule has 15 atom stereocenters. The molecule has 8 saturated heterocycles. The normalized spacial score (nSPS) is 21.3. The van der Waals surface area contributed by atoms with E-state index in [-0.39, 0.29) is 122 Å². The van der Waals surface area contributed by atoms with E-state index in [9.17, 15) is 91.4 Å². The van der Waals surface area contributed by atoms with Crippen molar-refractivity contribution in [2.24, 2.45) is 0 Å². The Balaban J connectivity index is 0.000000281. The first-order valence-corrected chi connectivity index (χ1v) is 49.8. The number of nitrogens with one attached hydrogen (secondary N) is 8. The van der Waals surface area contributed by atoms with Crippen molar-refractivity contribution >= 4 is 177 Å². The fraction of sp³-hybridized carbons (Fsp3) is 0.562. The summed E-state index contributed by atoms with van der Waals surface area (Å²) in [6, 6.07) is -0.505. The summed E-state index contributed by atoms with van der Waals surface area (Å²) in [6.45, 7) is 37.2. The van der Waals surface area contributed by atoms with E-state index in [1.807, 2.05) is 0 Å². The number of alkyl carbamates (subject to hydrolysis) is 2. The third-order valence-corrected chi connectivity index (χ3v) is 23.7. The summed E-state index contributed by atoms with van der Waals surface area (Å²) >= 11 is 35.7. The molecule has 3 aromatic rings. The van der Waals surface area contributed by atoms with Crippen molar-refractivity contribution in [2.75, 3.05) is 79.0 Å². The predicted molar refractivity (Wildman–Crippen MR) is 535 cm³/mol. The maximum atomic E-state index is 13.1. The number of hydrogen-bond acceptors (Lipinski definition) is 33. The quantitative estimate of drug-likeness (QED) is 0.0149. The number of carbonyl (C=O) groups excluding carboxylic acids is 16. The lowest BCUT2D eigenvalue weighted by atomic mass is 10.1. The fourth-order valence-corrected chi connectivity index (χ4v) is 17.1. The Morgan fingerprint density at radius 3 is 1.03 bits per heavy atom. The number of carboxylic acid groups (broad SMARTS) is 2. The van der Waals surface area contributed by atoms with Crippen molar-refractivity contribution in [2.45, 2.75) is 271 Å². The van der Waals surface area contributed by atoms with Crippen LogP contribution >= 0.6 is 69.6 Å². The molecular formula is C96H129Cl6N13O34. The van der Waals surface area contributed by atoms with Crippen LogP contribution in [0.5, 0.6) is 17.2 Å². The summed E-state index contributed by atoms with van der Waals surface area (Å²) in [5.74, 6) is -7.76. The molecule has 53 heteroatoms. The number of hydrogen-bond donors (Lipinski definition) is 11. The zero-order valence-corrected chi connectivity index (χ0v) is 89.3. The van der Waals surface area contributed by atoms with Crippen LogP contribution in [0.3, 0.4) is 0 Å². The van der Waals surface area contributed by atoms with Crippen molar-refractivity contribution in [1.82, 2.24) is 67.3 Å². The number of carbonyl (C=O) groups is 18. The van der Waals surface area contributed by atoms with Gasteiger partial charge in [0.1, 0.15) is 104 Å². The molecule has 11 rings (SSSR count). The molecule has 0 spiro atoms. The molecule has 11 N–H and O–H groups in total. The van der Waals surface area contributed by atoms with Gasteiger partial charge in [-0.3, -0.25) is 62.3 Å². The number of aromatic carboxylic acids is 1. The van der Waals surface area contributed by atoms with Crippen LogP contribution in [0, 0.1) is 0 Å². The smallest absolute Gasteiger partial charge is 0.422 e. The van der Waals surface area contributed by atoms with Gasteiger partial charge in [-0.15, -0.1) is 5.01 Å². The highest BCUT2D eigenvalue weighted by Gasteiger charge is 2.47. The Morgan fingerprint density at radius 2 is 0.725 bits per heavy atom. The highest BCUT2D eigenvalue weighted by molar-refractivity contribution is 6.39. The first kappa shape index (κ1) is 125. The summed E-state index contributed by atoms with van der Waals surface area (Å²) in [5, 5.41) is 47.5. The number of carboxylic acids is 2. The summed E-state index contributed by atoms with van der Waals surface area (Å²) in [7, 11) is 0. The number of likely N-dealkylation sites (tertiary alicyclic amines) is 4. The van der Waals surface area contributed by atoms with E-state index in [1.54, 1.807) is 76.2 Å². The van der Waals surface area contributed by atoms with Gasteiger partial charge in [-0.05, 0) is 185 Å². The van der Waals surface area contributed by atoms with Crippen LogP contribution < -0.4 is 52.1 Å². The number of halogens is 6. The molecule has 8 aliphatic heterocycles. The number of amides is 12. The Labute approximate surface area is 890 Å². The van der Waals surface area contributed by atoms with Gasteiger partial charge in [0.05, 0.1) is 55.0 Å². The minimum Gasteiger partial charge on any atom is -0.505 e. The number of ether oxygens (including phenoxy) is 13. The van der Waals surface area contributed by atoms with Crippen molar-refractivity contribution in [1.29, 1.82) is 0 Å². The van der Waals surface area contributed by atoms with Gasteiger partial charge < -0.3 is 134 Å². The second kappa shape index (κ2) is 59.9. The standard InChI is InChI=1S/C24H29Cl2N3O7.C21H25Cl2N3O7.C19H31N3O7.C13H22N2O5.C10H8Cl2O3.C9H14N2O5/c1-4-9-35-20-15(25)10-14(11-16(20)26)21(31)27-13(3)23(33)29-8-6-7-18(29)22(32)28-17-12-19(30)36-24(17)34-5-2;1-3-32-21-14(9-16(27)33-21)25-19(30)15-5-4-6-26(15)20(31)10(2)24-18(29)11-7-12(22)17(28)13(23)8-11;1-6-27-17-12(10-14(23)28-17)21-15(24)13-8-7-9-22(13)16(25)11(2)20-18(26)29-19(3,4)5;1-8(14-12(19)20-13(2,3)4)10(16)15-7-5-6-9(15)11(17)18;1-2-3-15-9-7(11)4-6(10(13)14)5-8(9)12;1-3-5-15-8(13)10-11-6-7(12)16-9(11)14-4-2/h4,10-11,13,17-18,24H,1,5-9,12H2,2-3H3,(H,27,31)(H,28,32);7-8,10,14-15,21,28H,3-6,9H2,1-2H3,(H,24,29)(H,25,30);11-13,17H,6-10H2,1-5H3,(H,20,26)(H,21,24);8-9H,5-7H2,1-4H3,(H,14,19)(H,17,18);2,4-5H,1,3H2,(H,13,14);3,9H,1,4-6H2,2H3,(H,10,13)/t13-,17?,18?,24?;10-,14?,15?,21?;11-,12?,13?,17?;8-,9-;;/m0000../s1. The van der Waals surface area contributed by atoms with Gasteiger partial charge in [0.25, 0.3) is 18.2 Å². The highest BCUT2D eigenvalue weighted by atomic mass is 35.5. The summed E-state index contributed by atoms with van der Waals surface area (Å²) in [5.41, 5.74) is 1.26. The van der Waals surface area contributed by atoms with Crippen molar-refractivity contribution in [3.8, 4) is 17.2 Å². The van der Waals surface area contributed by atoms with Crippen LogP contribution in [-0.2, 0) is 110 Å². The van der Waals surface area contributed by atoms with Gasteiger partial charge in [0.15, 0.2) is 17.2 Å². The van der Waals surface area contributed by atoms with E-state index < -0.39 is 198 Å². The van der Waals surface area contributed by atoms with Crippen LogP contribution in [0.4, 0.5) is 14.4 Å². The highest BCUT2D eigenvalue weighted by Crippen LogP contribution is 2.38. The lowest BCUT2D eigenvalue weighted by Crippen LogP contribution is -2.55. The molecule has 824 valence electrons. The van der Waals surface area contributed by atoms with E-state index in [1.165, 1.54) is 100 Å². The van der Waals surface area contributed by atoms with Crippen LogP contribution in [0.2, 0.25) is 30.1 Å². The molecule has 47 nitrogen and oxygen atoms in total. The van der Waals surface area contributed by atoms with E-state index in [2.05, 4.69) is 67.1 Å². The first-order chi connectivity index (χ1) is 70.1. The monoisotopic (exact) mass is 2220 g/mol. The first-order valence-electron chi connectivity index (χ1n) is 47.5. The van der Waals surface area contributed by atoms with E-state index >= 15 is 0 Å². The number of esters is 4. The third-order valence-electron chi connectivity index (χ3n) is 22.0. The molecule has 10 unspecified atom stereocenters. The zero-order valence-electron chi connectivity index (χ0n) is 84.7. The van der Waals surface area contributed by atoms with Gasteiger partial charge in [0.2, 0.25) is 60.2 Å². The number of hydrazine groups is 1. The molecule has 0 aromatic heterocycles. The number of cyclic esters (lactones) is 4. The van der Waals surface area contributed by atoms with E-state index in [4.69, 9.17) is 137 Å². The van der Waals surface area contributed by atoms with Crippen LogP contribution in [0.25, 0.3) is 0 Å². The maximum Gasteiger partial charge on any atom is 0.422 e.